The number of oxazole rings is 1. The highest BCUT2D eigenvalue weighted by Crippen LogP contribution is 2.20. The molecule has 104 valence electrons. The highest BCUT2D eigenvalue weighted by atomic mass is 16.5. The Kier molecular flexibility index (Phi) is 3.78. The van der Waals surface area contributed by atoms with Crippen molar-refractivity contribution >= 4 is 11.9 Å². The van der Waals surface area contributed by atoms with E-state index in [0.29, 0.717) is 18.0 Å². The van der Waals surface area contributed by atoms with E-state index in [9.17, 15) is 5.11 Å². The first-order valence-electron chi connectivity index (χ1n) is 6.63. The normalized spacial score (nSPS) is 11.0. The molecule has 3 rings (SSSR count). The summed E-state index contributed by atoms with van der Waals surface area (Å²) in [6.07, 6.45) is 2.04. The highest BCUT2D eigenvalue weighted by molar-refractivity contribution is 5.81. The fraction of sp³-hybridized carbons (Fsp3) is 0.0588. The first kappa shape index (κ1) is 13.1. The zero-order valence-electron chi connectivity index (χ0n) is 11.3. The van der Waals surface area contributed by atoms with Gasteiger partial charge in [-0.2, -0.15) is 0 Å². The first-order valence-corrected chi connectivity index (χ1v) is 6.63. The third-order valence-corrected chi connectivity index (χ3v) is 2.97. The Morgan fingerprint density at radius 3 is 2.38 bits per heavy atom. The van der Waals surface area contributed by atoms with Gasteiger partial charge in [0.1, 0.15) is 0 Å². The van der Waals surface area contributed by atoms with Gasteiger partial charge in [-0.1, -0.05) is 48.5 Å². The van der Waals surface area contributed by atoms with Crippen LogP contribution in [0.5, 0.6) is 5.95 Å². The monoisotopic (exact) mass is 278 g/mol. The Balaban J connectivity index is 1.77. The van der Waals surface area contributed by atoms with Crippen LogP contribution in [0.15, 0.2) is 70.1 Å². The van der Waals surface area contributed by atoms with Crippen molar-refractivity contribution in [2.75, 3.05) is 0 Å². The molecule has 0 radical (unpaired) electrons. The van der Waals surface area contributed by atoms with Crippen LogP contribution in [-0.4, -0.2) is 16.3 Å². The smallest absolute Gasteiger partial charge is 0.312 e. The van der Waals surface area contributed by atoms with E-state index < -0.39 is 0 Å². The van der Waals surface area contributed by atoms with E-state index >= 15 is 0 Å². The van der Waals surface area contributed by atoms with Crippen LogP contribution in [-0.2, 0) is 6.42 Å². The van der Waals surface area contributed by atoms with Gasteiger partial charge in [-0.15, -0.1) is 0 Å². The minimum Gasteiger partial charge on any atom is -0.479 e. The van der Waals surface area contributed by atoms with Gasteiger partial charge in [0.05, 0.1) is 11.9 Å². The second-order valence-corrected chi connectivity index (χ2v) is 4.55. The summed E-state index contributed by atoms with van der Waals surface area (Å²) in [5, 5.41) is 9.77. The maximum atomic E-state index is 9.77. The molecule has 0 spiro atoms. The molecule has 0 atom stereocenters. The molecule has 0 aliphatic heterocycles. The lowest BCUT2D eigenvalue weighted by atomic mass is 10.1. The molecule has 0 saturated heterocycles. The van der Waals surface area contributed by atoms with Crippen LogP contribution < -0.4 is 0 Å². The lowest BCUT2D eigenvalue weighted by Crippen LogP contribution is -1.88. The molecule has 0 aliphatic rings. The quantitative estimate of drug-likeness (QED) is 0.740. The van der Waals surface area contributed by atoms with Gasteiger partial charge in [0.2, 0.25) is 5.89 Å². The Morgan fingerprint density at radius 2 is 1.67 bits per heavy atom. The van der Waals surface area contributed by atoms with Crippen molar-refractivity contribution in [2.45, 2.75) is 6.42 Å². The van der Waals surface area contributed by atoms with E-state index in [4.69, 9.17) is 4.42 Å². The third kappa shape index (κ3) is 3.36. The average Bonchev–Trinajstić information content (AvgIpc) is 2.87. The summed E-state index contributed by atoms with van der Waals surface area (Å²) in [5.74, 6) is 0.258. The molecule has 0 amide bonds. The number of aliphatic imine (C=N–C) groups is 1. The molecule has 0 aliphatic carbocycles. The second kappa shape index (κ2) is 6.05. The van der Waals surface area contributed by atoms with Crippen LogP contribution >= 0.6 is 0 Å². The number of benzene rings is 2. The fourth-order valence-corrected chi connectivity index (χ4v) is 1.95. The molecule has 4 heteroatoms. The number of aromatic nitrogens is 1. The molecule has 3 aromatic rings. The largest absolute Gasteiger partial charge is 0.479 e. The van der Waals surface area contributed by atoms with E-state index in [1.807, 2.05) is 60.7 Å². The van der Waals surface area contributed by atoms with Crippen LogP contribution in [0.4, 0.5) is 5.69 Å². The number of nitrogens with zero attached hydrogens (tertiary/aromatic N) is 2. The number of aromatic hydroxyl groups is 1. The lowest BCUT2D eigenvalue weighted by molar-refractivity contribution is 0.319. The average molecular weight is 278 g/mol. The van der Waals surface area contributed by atoms with Crippen molar-refractivity contribution in [1.82, 2.24) is 4.98 Å². The summed E-state index contributed by atoms with van der Waals surface area (Å²) in [7, 11) is 0. The summed E-state index contributed by atoms with van der Waals surface area (Å²) in [6, 6.07) is 19.3. The molecule has 0 fully saturated rings. The Morgan fingerprint density at radius 1 is 1.00 bits per heavy atom. The van der Waals surface area contributed by atoms with Crippen molar-refractivity contribution in [2.24, 2.45) is 4.99 Å². The van der Waals surface area contributed by atoms with Gasteiger partial charge in [0, 0.05) is 6.42 Å². The van der Waals surface area contributed by atoms with Crippen molar-refractivity contribution in [1.29, 1.82) is 0 Å². The SMILES string of the molecule is Oc1oc(Cc2ccccc2)nc1C=Nc1ccccc1. The molecule has 21 heavy (non-hydrogen) atoms. The number of hydrogen-bond donors (Lipinski definition) is 1. The van der Waals surface area contributed by atoms with Crippen LogP contribution in [0.1, 0.15) is 17.1 Å². The van der Waals surface area contributed by atoms with Crippen LogP contribution in [0.25, 0.3) is 0 Å². The summed E-state index contributed by atoms with van der Waals surface area (Å²) >= 11 is 0. The van der Waals surface area contributed by atoms with Crippen LogP contribution in [0.3, 0.4) is 0 Å². The van der Waals surface area contributed by atoms with Gasteiger partial charge in [-0.3, -0.25) is 4.99 Å². The molecule has 0 unspecified atom stereocenters. The van der Waals surface area contributed by atoms with Gasteiger partial charge in [0.25, 0.3) is 0 Å². The maximum absolute atomic E-state index is 9.77. The zero-order valence-corrected chi connectivity index (χ0v) is 11.3. The molecule has 0 saturated carbocycles. The predicted molar refractivity (Wildman–Crippen MR) is 81.1 cm³/mol. The van der Waals surface area contributed by atoms with Crippen molar-refractivity contribution < 1.29 is 9.52 Å². The molecule has 1 heterocycles. The number of para-hydroxylation sites is 1. The minimum atomic E-state index is -0.208. The second-order valence-electron chi connectivity index (χ2n) is 4.55. The molecular formula is C17H14N2O2. The van der Waals surface area contributed by atoms with Crippen molar-refractivity contribution in [3.63, 3.8) is 0 Å². The van der Waals surface area contributed by atoms with Crippen molar-refractivity contribution in [3.8, 4) is 5.95 Å². The maximum Gasteiger partial charge on any atom is 0.312 e. The molecule has 4 nitrogen and oxygen atoms in total. The lowest BCUT2D eigenvalue weighted by Gasteiger charge is -1.94. The number of rotatable bonds is 4. The number of hydrogen-bond acceptors (Lipinski definition) is 4. The first-order chi connectivity index (χ1) is 10.3. The highest BCUT2D eigenvalue weighted by Gasteiger charge is 2.10. The minimum absolute atomic E-state index is 0.208. The summed E-state index contributed by atoms with van der Waals surface area (Å²) in [6.45, 7) is 0. The molecule has 0 bridgehead atoms. The summed E-state index contributed by atoms with van der Waals surface area (Å²) in [4.78, 5) is 8.50. The Labute approximate surface area is 122 Å². The summed E-state index contributed by atoms with van der Waals surface area (Å²) < 4.78 is 5.26. The van der Waals surface area contributed by atoms with Gasteiger partial charge < -0.3 is 9.52 Å². The Hall–Kier alpha value is -2.88. The molecule has 1 aromatic heterocycles. The van der Waals surface area contributed by atoms with E-state index in [-0.39, 0.29) is 5.95 Å². The topological polar surface area (TPSA) is 58.6 Å². The van der Waals surface area contributed by atoms with Gasteiger partial charge >= 0.3 is 5.95 Å². The van der Waals surface area contributed by atoms with Crippen LogP contribution in [0, 0.1) is 0 Å². The molecule has 2 aromatic carbocycles. The van der Waals surface area contributed by atoms with E-state index in [1.54, 1.807) is 0 Å². The van der Waals surface area contributed by atoms with Gasteiger partial charge in [-0.25, -0.2) is 4.98 Å². The summed E-state index contributed by atoms with van der Waals surface area (Å²) in [5.41, 5.74) is 2.21. The molecule has 1 N–H and O–H groups in total. The predicted octanol–water partition coefficient (Wildman–Crippen LogP) is 3.72. The van der Waals surface area contributed by atoms with Crippen LogP contribution in [0.2, 0.25) is 0 Å². The zero-order chi connectivity index (χ0) is 14.5. The van der Waals surface area contributed by atoms with Gasteiger partial charge in [0.15, 0.2) is 5.69 Å². The fourth-order valence-electron chi connectivity index (χ4n) is 1.95. The van der Waals surface area contributed by atoms with E-state index in [0.717, 1.165) is 11.3 Å². The van der Waals surface area contributed by atoms with E-state index in [2.05, 4.69) is 9.98 Å². The standard InChI is InChI=1S/C17H14N2O2/c20-17-15(12-18-14-9-5-2-6-10-14)19-16(21-17)11-13-7-3-1-4-8-13/h1-10,12,20H,11H2. The Bertz CT molecular complexity index is 734. The van der Waals surface area contributed by atoms with Gasteiger partial charge in [-0.05, 0) is 17.7 Å². The third-order valence-electron chi connectivity index (χ3n) is 2.97. The molecular weight excluding hydrogens is 264 g/mol. The van der Waals surface area contributed by atoms with Crippen molar-refractivity contribution in [3.05, 3.63) is 77.8 Å². The van der Waals surface area contributed by atoms with E-state index in [1.165, 1.54) is 6.21 Å².